The summed E-state index contributed by atoms with van der Waals surface area (Å²) in [7, 11) is -2.80. The SMILES string of the molecule is CCCNC(CCCS(C)(=O)=O)CCC(C)C. The van der Waals surface area contributed by atoms with Crippen molar-refractivity contribution in [2.45, 2.75) is 58.9 Å². The summed E-state index contributed by atoms with van der Waals surface area (Å²) >= 11 is 0. The van der Waals surface area contributed by atoms with Gasteiger partial charge in [0.2, 0.25) is 0 Å². The van der Waals surface area contributed by atoms with Crippen LogP contribution in [-0.2, 0) is 9.84 Å². The maximum atomic E-state index is 11.1. The fraction of sp³-hybridized carbons (Fsp3) is 1.00. The molecule has 1 atom stereocenters. The van der Waals surface area contributed by atoms with Crippen LogP contribution in [0.2, 0.25) is 0 Å². The normalized spacial score (nSPS) is 14.2. The first kappa shape index (κ1) is 16.9. The number of nitrogens with one attached hydrogen (secondary N) is 1. The van der Waals surface area contributed by atoms with Gasteiger partial charge in [-0.2, -0.15) is 0 Å². The molecule has 0 radical (unpaired) electrons. The molecule has 0 aromatic heterocycles. The van der Waals surface area contributed by atoms with Crippen LogP contribution < -0.4 is 5.32 Å². The summed E-state index contributed by atoms with van der Waals surface area (Å²) in [6.07, 6.45) is 6.56. The minimum atomic E-state index is -2.80. The van der Waals surface area contributed by atoms with Crippen molar-refractivity contribution in [2.24, 2.45) is 5.92 Å². The van der Waals surface area contributed by atoms with E-state index >= 15 is 0 Å². The van der Waals surface area contributed by atoms with Gasteiger partial charge in [-0.1, -0.05) is 20.8 Å². The second kappa shape index (κ2) is 8.92. The molecule has 0 spiro atoms. The lowest BCUT2D eigenvalue weighted by molar-refractivity contribution is 0.407. The van der Waals surface area contributed by atoms with Crippen LogP contribution in [0.4, 0.5) is 0 Å². The van der Waals surface area contributed by atoms with E-state index in [0.717, 1.165) is 38.1 Å². The Bertz CT molecular complexity index is 273. The molecular formula is C13H29NO2S. The lowest BCUT2D eigenvalue weighted by Crippen LogP contribution is -2.30. The lowest BCUT2D eigenvalue weighted by atomic mass is 10.0. The number of hydrogen-bond acceptors (Lipinski definition) is 3. The standard InChI is InChI=1S/C13H29NO2S/c1-5-10-14-13(9-8-12(2)3)7-6-11-17(4,15)16/h12-14H,5-11H2,1-4H3. The van der Waals surface area contributed by atoms with Crippen molar-refractivity contribution in [3.63, 3.8) is 0 Å². The molecule has 0 aliphatic carbocycles. The number of rotatable bonds is 10. The Morgan fingerprint density at radius 1 is 1.12 bits per heavy atom. The molecule has 4 heteroatoms. The highest BCUT2D eigenvalue weighted by atomic mass is 32.2. The maximum absolute atomic E-state index is 11.1. The smallest absolute Gasteiger partial charge is 0.147 e. The van der Waals surface area contributed by atoms with E-state index in [9.17, 15) is 8.42 Å². The first-order valence-corrected chi connectivity index (χ1v) is 8.82. The molecule has 104 valence electrons. The van der Waals surface area contributed by atoms with E-state index in [1.807, 2.05) is 0 Å². The van der Waals surface area contributed by atoms with Gasteiger partial charge in [-0.3, -0.25) is 0 Å². The maximum Gasteiger partial charge on any atom is 0.147 e. The van der Waals surface area contributed by atoms with E-state index in [1.165, 1.54) is 12.7 Å². The molecule has 0 saturated heterocycles. The molecule has 0 aromatic rings. The third kappa shape index (κ3) is 12.2. The molecule has 1 unspecified atom stereocenters. The quantitative estimate of drug-likeness (QED) is 0.659. The van der Waals surface area contributed by atoms with Crippen LogP contribution in [0.1, 0.15) is 52.9 Å². The van der Waals surface area contributed by atoms with Crippen LogP contribution in [0.5, 0.6) is 0 Å². The molecule has 0 saturated carbocycles. The molecule has 3 nitrogen and oxygen atoms in total. The van der Waals surface area contributed by atoms with Gasteiger partial charge in [0, 0.05) is 18.1 Å². The molecule has 0 amide bonds. The Morgan fingerprint density at radius 3 is 2.24 bits per heavy atom. The van der Waals surface area contributed by atoms with Crippen LogP contribution in [0, 0.1) is 5.92 Å². The van der Waals surface area contributed by atoms with E-state index in [2.05, 4.69) is 26.1 Å². The van der Waals surface area contributed by atoms with Crippen molar-refractivity contribution in [2.75, 3.05) is 18.6 Å². The first-order chi connectivity index (χ1) is 7.85. The van der Waals surface area contributed by atoms with Gasteiger partial charge in [-0.15, -0.1) is 0 Å². The first-order valence-electron chi connectivity index (χ1n) is 6.76. The molecule has 0 aliphatic heterocycles. The van der Waals surface area contributed by atoms with Crippen LogP contribution in [0.15, 0.2) is 0 Å². The lowest BCUT2D eigenvalue weighted by Gasteiger charge is -2.19. The summed E-state index contributed by atoms with van der Waals surface area (Å²) in [5, 5.41) is 3.52. The molecule has 0 rings (SSSR count). The van der Waals surface area contributed by atoms with Gasteiger partial charge in [0.15, 0.2) is 0 Å². The zero-order valence-corrected chi connectivity index (χ0v) is 12.6. The Morgan fingerprint density at radius 2 is 1.76 bits per heavy atom. The van der Waals surface area contributed by atoms with Crippen LogP contribution in [0.3, 0.4) is 0 Å². The van der Waals surface area contributed by atoms with Crippen molar-refractivity contribution in [3.8, 4) is 0 Å². The fourth-order valence-electron chi connectivity index (χ4n) is 1.82. The molecular weight excluding hydrogens is 234 g/mol. The van der Waals surface area contributed by atoms with E-state index in [4.69, 9.17) is 0 Å². The third-order valence-corrected chi connectivity index (χ3v) is 3.87. The second-order valence-electron chi connectivity index (χ2n) is 5.39. The minimum absolute atomic E-state index is 0.318. The van der Waals surface area contributed by atoms with Crippen molar-refractivity contribution in [1.29, 1.82) is 0 Å². The van der Waals surface area contributed by atoms with Gasteiger partial charge >= 0.3 is 0 Å². The van der Waals surface area contributed by atoms with Gasteiger partial charge in [0.1, 0.15) is 9.84 Å². The summed E-state index contributed by atoms with van der Waals surface area (Å²) in [5.41, 5.74) is 0. The summed E-state index contributed by atoms with van der Waals surface area (Å²) in [6, 6.07) is 0.485. The minimum Gasteiger partial charge on any atom is -0.314 e. The van der Waals surface area contributed by atoms with Crippen molar-refractivity contribution in [3.05, 3.63) is 0 Å². The zero-order chi connectivity index (χ0) is 13.3. The number of hydrogen-bond donors (Lipinski definition) is 1. The molecule has 0 aliphatic rings. The highest BCUT2D eigenvalue weighted by Gasteiger charge is 2.10. The summed E-state index contributed by atoms with van der Waals surface area (Å²) in [4.78, 5) is 0. The summed E-state index contributed by atoms with van der Waals surface area (Å²) in [6.45, 7) is 7.64. The monoisotopic (exact) mass is 263 g/mol. The molecule has 0 heterocycles. The van der Waals surface area contributed by atoms with Crippen LogP contribution in [0.25, 0.3) is 0 Å². The van der Waals surface area contributed by atoms with Crippen molar-refractivity contribution in [1.82, 2.24) is 5.32 Å². The van der Waals surface area contributed by atoms with Crippen molar-refractivity contribution < 1.29 is 8.42 Å². The molecule has 1 N–H and O–H groups in total. The highest BCUT2D eigenvalue weighted by molar-refractivity contribution is 7.90. The Hall–Kier alpha value is -0.0900. The third-order valence-electron chi connectivity index (χ3n) is 2.84. The van der Waals surface area contributed by atoms with Crippen LogP contribution >= 0.6 is 0 Å². The predicted molar refractivity (Wildman–Crippen MR) is 75.1 cm³/mol. The highest BCUT2D eigenvalue weighted by Crippen LogP contribution is 2.11. The summed E-state index contributed by atoms with van der Waals surface area (Å²) < 4.78 is 22.1. The Balaban J connectivity index is 3.92. The summed E-state index contributed by atoms with van der Waals surface area (Å²) in [5.74, 6) is 1.04. The van der Waals surface area contributed by atoms with E-state index in [-0.39, 0.29) is 0 Å². The average Bonchev–Trinajstić information content (AvgIpc) is 2.19. The van der Waals surface area contributed by atoms with Gasteiger partial charge in [-0.25, -0.2) is 8.42 Å². The predicted octanol–water partition coefficient (Wildman–Crippen LogP) is 2.62. The zero-order valence-electron chi connectivity index (χ0n) is 11.8. The topological polar surface area (TPSA) is 46.2 Å². The largest absolute Gasteiger partial charge is 0.314 e. The van der Waals surface area contributed by atoms with Crippen LogP contribution in [-0.4, -0.2) is 33.0 Å². The van der Waals surface area contributed by atoms with E-state index in [0.29, 0.717) is 11.8 Å². The van der Waals surface area contributed by atoms with Crippen molar-refractivity contribution >= 4 is 9.84 Å². The van der Waals surface area contributed by atoms with Gasteiger partial charge in [0.25, 0.3) is 0 Å². The van der Waals surface area contributed by atoms with Gasteiger partial charge in [0.05, 0.1) is 0 Å². The molecule has 17 heavy (non-hydrogen) atoms. The molecule has 0 bridgehead atoms. The van der Waals surface area contributed by atoms with Gasteiger partial charge < -0.3 is 5.32 Å². The van der Waals surface area contributed by atoms with E-state index < -0.39 is 9.84 Å². The van der Waals surface area contributed by atoms with E-state index in [1.54, 1.807) is 0 Å². The number of sulfone groups is 1. The Kier molecular flexibility index (Phi) is 8.88. The Labute approximate surface area is 107 Å². The second-order valence-corrected chi connectivity index (χ2v) is 7.65. The molecule has 0 fully saturated rings. The molecule has 0 aromatic carbocycles. The fourth-order valence-corrected chi connectivity index (χ4v) is 2.51. The average molecular weight is 263 g/mol. The van der Waals surface area contributed by atoms with Gasteiger partial charge in [-0.05, 0) is 44.6 Å².